The van der Waals surface area contributed by atoms with Gasteiger partial charge in [-0.2, -0.15) is 4.72 Å². The maximum Gasteiger partial charge on any atom is 0.345 e. The van der Waals surface area contributed by atoms with E-state index in [0.717, 1.165) is 0 Å². The number of hydrogen-bond acceptors (Lipinski definition) is 5. The highest BCUT2D eigenvalue weighted by Crippen LogP contribution is 2.21. The molecule has 1 aromatic heterocycles. The molecular formula is C11H16N2O5S2. The van der Waals surface area contributed by atoms with Gasteiger partial charge in [0.1, 0.15) is 9.09 Å². The number of nitrogens with zero attached hydrogens (tertiary/aromatic N) is 1. The van der Waals surface area contributed by atoms with Crippen LogP contribution in [-0.4, -0.2) is 49.9 Å². The average molecular weight is 320 g/mol. The van der Waals surface area contributed by atoms with E-state index in [9.17, 15) is 18.0 Å². The van der Waals surface area contributed by atoms with Crippen LogP contribution in [0.4, 0.5) is 0 Å². The van der Waals surface area contributed by atoms with Crippen LogP contribution in [0.1, 0.15) is 23.5 Å². The molecule has 20 heavy (non-hydrogen) atoms. The molecule has 0 radical (unpaired) electrons. The Kier molecular flexibility index (Phi) is 5.26. The van der Waals surface area contributed by atoms with Gasteiger partial charge in [0.2, 0.25) is 5.91 Å². The third kappa shape index (κ3) is 3.78. The number of carboxylic acid groups (broad SMARTS) is 1. The molecule has 1 unspecified atom stereocenters. The molecule has 0 aliphatic rings. The Balaban J connectivity index is 2.89. The van der Waals surface area contributed by atoms with Crippen molar-refractivity contribution in [1.82, 2.24) is 9.62 Å². The molecular weight excluding hydrogens is 304 g/mol. The first-order valence-corrected chi connectivity index (χ1v) is 8.09. The molecule has 1 heterocycles. The molecule has 1 atom stereocenters. The van der Waals surface area contributed by atoms with E-state index in [-0.39, 0.29) is 15.0 Å². The van der Waals surface area contributed by atoms with Gasteiger partial charge in [0, 0.05) is 13.6 Å². The van der Waals surface area contributed by atoms with E-state index >= 15 is 0 Å². The van der Waals surface area contributed by atoms with Crippen LogP contribution in [0.25, 0.3) is 0 Å². The third-order valence-electron chi connectivity index (χ3n) is 2.61. The van der Waals surface area contributed by atoms with Crippen molar-refractivity contribution < 1.29 is 23.1 Å². The summed E-state index contributed by atoms with van der Waals surface area (Å²) in [5.41, 5.74) is 0. The zero-order chi connectivity index (χ0) is 15.5. The lowest BCUT2D eigenvalue weighted by molar-refractivity contribution is -0.131. The van der Waals surface area contributed by atoms with Gasteiger partial charge in [-0.3, -0.25) is 4.79 Å². The first kappa shape index (κ1) is 16.6. The molecule has 0 fully saturated rings. The second kappa shape index (κ2) is 6.33. The molecule has 0 saturated heterocycles. The molecule has 0 bridgehead atoms. The van der Waals surface area contributed by atoms with Crippen LogP contribution in [-0.2, 0) is 14.8 Å². The lowest BCUT2D eigenvalue weighted by atomic mass is 10.3. The second-order valence-electron chi connectivity index (χ2n) is 4.12. The van der Waals surface area contributed by atoms with Gasteiger partial charge in [-0.15, -0.1) is 11.3 Å². The Morgan fingerprint density at radius 2 is 2.05 bits per heavy atom. The molecule has 112 valence electrons. The van der Waals surface area contributed by atoms with Crippen molar-refractivity contribution in [1.29, 1.82) is 0 Å². The molecule has 1 rings (SSSR count). The van der Waals surface area contributed by atoms with Crippen LogP contribution in [0.5, 0.6) is 0 Å². The average Bonchev–Trinajstić information content (AvgIpc) is 2.86. The van der Waals surface area contributed by atoms with Crippen LogP contribution < -0.4 is 4.72 Å². The van der Waals surface area contributed by atoms with Crippen molar-refractivity contribution in [3.8, 4) is 0 Å². The van der Waals surface area contributed by atoms with Crippen molar-refractivity contribution in [2.75, 3.05) is 13.6 Å². The van der Waals surface area contributed by atoms with E-state index < -0.39 is 22.0 Å². The number of rotatable bonds is 6. The minimum absolute atomic E-state index is 0.0740. The number of amides is 1. The first-order valence-electron chi connectivity index (χ1n) is 5.79. The number of carbonyl (C=O) groups excluding carboxylic acids is 1. The highest BCUT2D eigenvalue weighted by atomic mass is 32.2. The van der Waals surface area contributed by atoms with Crippen LogP contribution >= 0.6 is 11.3 Å². The lowest BCUT2D eigenvalue weighted by Gasteiger charge is -2.20. The summed E-state index contributed by atoms with van der Waals surface area (Å²) in [7, 11) is -2.33. The van der Waals surface area contributed by atoms with Crippen molar-refractivity contribution >= 4 is 33.2 Å². The summed E-state index contributed by atoms with van der Waals surface area (Å²) in [4.78, 5) is 23.9. The zero-order valence-corrected chi connectivity index (χ0v) is 12.9. The summed E-state index contributed by atoms with van der Waals surface area (Å²) in [6.07, 6.45) is 0. The van der Waals surface area contributed by atoms with Crippen molar-refractivity contribution in [2.24, 2.45) is 0 Å². The topological polar surface area (TPSA) is 104 Å². The molecule has 2 N–H and O–H groups in total. The van der Waals surface area contributed by atoms with Gasteiger partial charge in [0.25, 0.3) is 10.0 Å². The molecule has 7 nitrogen and oxygen atoms in total. The fraction of sp³-hybridized carbons (Fsp3) is 0.455. The van der Waals surface area contributed by atoms with E-state index in [1.807, 2.05) is 0 Å². The number of sulfonamides is 1. The van der Waals surface area contributed by atoms with Gasteiger partial charge < -0.3 is 10.0 Å². The Labute approximate surface area is 121 Å². The monoisotopic (exact) mass is 320 g/mol. The van der Waals surface area contributed by atoms with Crippen molar-refractivity contribution in [2.45, 2.75) is 24.1 Å². The Morgan fingerprint density at radius 1 is 1.45 bits per heavy atom. The van der Waals surface area contributed by atoms with Crippen molar-refractivity contribution in [3.05, 3.63) is 17.0 Å². The molecule has 0 saturated carbocycles. The Morgan fingerprint density at radius 3 is 2.50 bits per heavy atom. The van der Waals surface area contributed by atoms with Crippen LogP contribution in [0, 0.1) is 0 Å². The molecule has 0 spiro atoms. The number of likely N-dealkylation sites (N-methyl/N-ethyl adjacent to an activating group) is 1. The van der Waals surface area contributed by atoms with Gasteiger partial charge in [-0.05, 0) is 26.0 Å². The van der Waals surface area contributed by atoms with E-state index in [1.165, 1.54) is 24.0 Å². The van der Waals surface area contributed by atoms with Gasteiger partial charge in [0.05, 0.1) is 6.04 Å². The normalized spacial score (nSPS) is 12.9. The maximum absolute atomic E-state index is 12.0. The van der Waals surface area contributed by atoms with Crippen LogP contribution in [0.3, 0.4) is 0 Å². The fourth-order valence-corrected chi connectivity index (χ4v) is 3.77. The molecule has 0 aliphatic heterocycles. The van der Waals surface area contributed by atoms with Crippen LogP contribution in [0.15, 0.2) is 16.3 Å². The molecule has 0 aromatic carbocycles. The van der Waals surface area contributed by atoms with Crippen LogP contribution in [0.2, 0.25) is 0 Å². The summed E-state index contributed by atoms with van der Waals surface area (Å²) < 4.78 is 26.2. The minimum Gasteiger partial charge on any atom is -0.477 e. The van der Waals surface area contributed by atoms with E-state index in [0.29, 0.717) is 17.9 Å². The maximum atomic E-state index is 12.0. The fourth-order valence-electron chi connectivity index (χ4n) is 1.41. The number of nitrogens with one attached hydrogen (secondary N) is 1. The van der Waals surface area contributed by atoms with E-state index in [4.69, 9.17) is 5.11 Å². The largest absolute Gasteiger partial charge is 0.477 e. The zero-order valence-electron chi connectivity index (χ0n) is 11.3. The molecule has 9 heteroatoms. The number of aromatic carboxylic acids is 1. The van der Waals surface area contributed by atoms with Gasteiger partial charge in [-0.1, -0.05) is 0 Å². The van der Waals surface area contributed by atoms with Crippen molar-refractivity contribution in [3.63, 3.8) is 0 Å². The third-order valence-corrected chi connectivity index (χ3v) is 5.72. The van der Waals surface area contributed by atoms with Gasteiger partial charge >= 0.3 is 5.97 Å². The second-order valence-corrected chi connectivity index (χ2v) is 7.14. The minimum atomic E-state index is -3.90. The predicted octanol–water partition coefficient (Wildman–Crippen LogP) is 0.591. The highest BCUT2D eigenvalue weighted by Gasteiger charge is 2.25. The Bertz CT molecular complexity index is 608. The lowest BCUT2D eigenvalue weighted by Crippen LogP contribution is -2.45. The highest BCUT2D eigenvalue weighted by molar-refractivity contribution is 7.91. The molecule has 1 amide bonds. The quantitative estimate of drug-likeness (QED) is 0.798. The smallest absolute Gasteiger partial charge is 0.345 e. The van der Waals surface area contributed by atoms with Gasteiger partial charge in [-0.25, -0.2) is 13.2 Å². The number of thiophene rings is 1. The summed E-state index contributed by atoms with van der Waals surface area (Å²) >= 11 is 0.641. The SMILES string of the molecule is CCN(C)C(=O)C(C)NS(=O)(=O)c1ccc(C(=O)O)s1. The molecule has 1 aromatic rings. The van der Waals surface area contributed by atoms with Gasteiger partial charge in [0.15, 0.2) is 0 Å². The summed E-state index contributed by atoms with van der Waals surface area (Å²) in [6.45, 7) is 3.68. The summed E-state index contributed by atoms with van der Waals surface area (Å²) in [5, 5.41) is 8.77. The van der Waals surface area contributed by atoms with E-state index in [2.05, 4.69) is 4.72 Å². The number of carbonyl (C=O) groups is 2. The predicted molar refractivity (Wildman–Crippen MR) is 74.4 cm³/mol. The summed E-state index contributed by atoms with van der Waals surface area (Å²) in [5.74, 6) is -1.54. The Hall–Kier alpha value is -1.45. The standard InChI is InChI=1S/C11H16N2O5S2/c1-4-13(3)10(14)7(2)12-20(17,18)9-6-5-8(19-9)11(15)16/h5-7,12H,4H2,1-3H3,(H,15,16). The number of hydrogen-bond donors (Lipinski definition) is 2. The first-order chi connectivity index (χ1) is 9.19. The molecule has 0 aliphatic carbocycles. The van der Waals surface area contributed by atoms with E-state index in [1.54, 1.807) is 14.0 Å². The summed E-state index contributed by atoms with van der Waals surface area (Å²) in [6, 6.07) is 1.50. The number of carboxylic acids is 1.